The number of anilines is 1. The smallest absolute Gasteiger partial charge is 0.318 e. The fourth-order valence-electron chi connectivity index (χ4n) is 3.12. The molecule has 6 heteroatoms. The summed E-state index contributed by atoms with van der Waals surface area (Å²) in [6, 6.07) is 24.5. The topological polar surface area (TPSA) is 70.6 Å². The van der Waals surface area contributed by atoms with Gasteiger partial charge in [-0.15, -0.1) is 0 Å². The molecular weight excluding hydrogens is 386 g/mol. The van der Waals surface area contributed by atoms with Crippen molar-refractivity contribution in [2.24, 2.45) is 5.10 Å². The van der Waals surface area contributed by atoms with Gasteiger partial charge in [0.1, 0.15) is 0 Å². The van der Waals surface area contributed by atoms with E-state index >= 15 is 0 Å². The van der Waals surface area contributed by atoms with Gasteiger partial charge < -0.3 is 5.32 Å². The molecule has 4 aromatic carbocycles. The maximum atomic E-state index is 12.1. The highest BCUT2D eigenvalue weighted by Crippen LogP contribution is 2.27. The van der Waals surface area contributed by atoms with Crippen molar-refractivity contribution in [1.29, 1.82) is 0 Å². The lowest BCUT2D eigenvalue weighted by Gasteiger charge is -2.08. The first-order chi connectivity index (χ1) is 14.1. The van der Waals surface area contributed by atoms with Crippen molar-refractivity contribution in [3.63, 3.8) is 0 Å². The molecule has 0 aliphatic rings. The summed E-state index contributed by atoms with van der Waals surface area (Å²) in [6.07, 6.45) is 1.57. The number of rotatable bonds is 3. The second-order valence-electron chi connectivity index (χ2n) is 6.39. The Morgan fingerprint density at radius 3 is 2.00 bits per heavy atom. The number of benzene rings is 4. The van der Waals surface area contributed by atoms with E-state index in [0.29, 0.717) is 10.7 Å². The summed E-state index contributed by atoms with van der Waals surface area (Å²) in [5, 5.41) is 11.2. The molecule has 5 nitrogen and oxygen atoms in total. The van der Waals surface area contributed by atoms with Crippen LogP contribution in [0.4, 0.5) is 5.69 Å². The van der Waals surface area contributed by atoms with Crippen LogP contribution in [0.2, 0.25) is 5.02 Å². The minimum absolute atomic E-state index is 0.471. The molecule has 0 heterocycles. The summed E-state index contributed by atoms with van der Waals surface area (Å²) < 4.78 is 0. The van der Waals surface area contributed by atoms with Gasteiger partial charge in [0.2, 0.25) is 0 Å². The van der Waals surface area contributed by atoms with Crippen LogP contribution >= 0.6 is 11.6 Å². The number of hydrogen-bond donors (Lipinski definition) is 2. The minimum Gasteiger partial charge on any atom is -0.318 e. The number of nitrogens with zero attached hydrogens (tertiary/aromatic N) is 1. The van der Waals surface area contributed by atoms with E-state index in [4.69, 9.17) is 11.6 Å². The van der Waals surface area contributed by atoms with Gasteiger partial charge in [-0.2, -0.15) is 5.10 Å². The standard InChI is InChI=1S/C23H16ClN3O2/c24-17-9-11-18(12-10-17)26-22(28)23(29)27-25-14-21-19-7-3-1-5-15(19)13-16-6-2-4-8-20(16)21/h1-14H,(H,26,28)(H,27,29)/b25-14-. The second kappa shape index (κ2) is 8.12. The highest BCUT2D eigenvalue weighted by molar-refractivity contribution is 6.39. The Bertz CT molecular complexity index is 1200. The van der Waals surface area contributed by atoms with Gasteiger partial charge in [-0.05, 0) is 51.9 Å². The fourth-order valence-corrected chi connectivity index (χ4v) is 3.24. The Morgan fingerprint density at radius 1 is 0.793 bits per heavy atom. The molecule has 0 atom stereocenters. The predicted octanol–water partition coefficient (Wildman–Crippen LogP) is 4.74. The molecule has 0 saturated heterocycles. The molecule has 4 aromatic rings. The van der Waals surface area contributed by atoms with Crippen LogP contribution in [0.25, 0.3) is 21.5 Å². The number of carbonyl (C=O) groups is 2. The minimum atomic E-state index is -0.860. The van der Waals surface area contributed by atoms with E-state index in [0.717, 1.165) is 27.1 Å². The van der Waals surface area contributed by atoms with Crippen LogP contribution in [-0.2, 0) is 9.59 Å². The molecule has 2 N–H and O–H groups in total. The fraction of sp³-hybridized carbons (Fsp3) is 0. The molecule has 0 aromatic heterocycles. The first kappa shape index (κ1) is 18.7. The van der Waals surface area contributed by atoms with Crippen LogP contribution in [0, 0.1) is 0 Å². The SMILES string of the molecule is O=C(N/N=C\c1c2ccccc2cc2ccccc12)C(=O)Nc1ccc(Cl)cc1. The molecule has 0 aliphatic carbocycles. The molecule has 0 spiro atoms. The van der Waals surface area contributed by atoms with Gasteiger partial charge in [0.05, 0.1) is 6.21 Å². The third-order valence-electron chi connectivity index (χ3n) is 4.48. The Kier molecular flexibility index (Phi) is 5.22. The Balaban J connectivity index is 1.55. The highest BCUT2D eigenvalue weighted by Gasteiger charge is 2.13. The van der Waals surface area contributed by atoms with Gasteiger partial charge in [0.15, 0.2) is 0 Å². The second-order valence-corrected chi connectivity index (χ2v) is 6.83. The third kappa shape index (κ3) is 4.10. The number of hydrogen-bond acceptors (Lipinski definition) is 3. The van der Waals surface area contributed by atoms with Gasteiger partial charge in [0.25, 0.3) is 0 Å². The maximum Gasteiger partial charge on any atom is 0.329 e. The highest BCUT2D eigenvalue weighted by atomic mass is 35.5. The van der Waals surface area contributed by atoms with Gasteiger partial charge in [-0.1, -0.05) is 60.1 Å². The van der Waals surface area contributed by atoms with Gasteiger partial charge in [-0.3, -0.25) is 9.59 Å². The molecule has 4 rings (SSSR count). The molecular formula is C23H16ClN3O2. The molecule has 29 heavy (non-hydrogen) atoms. The Morgan fingerprint density at radius 2 is 1.38 bits per heavy atom. The summed E-state index contributed by atoms with van der Waals surface area (Å²) in [5.74, 6) is -1.67. The van der Waals surface area contributed by atoms with Crippen LogP contribution in [0.5, 0.6) is 0 Å². The number of fused-ring (bicyclic) bond motifs is 2. The zero-order valence-corrected chi connectivity index (χ0v) is 16.0. The van der Waals surface area contributed by atoms with Crippen molar-refractivity contribution in [2.75, 3.05) is 5.32 Å². The summed E-state index contributed by atoms with van der Waals surface area (Å²) in [7, 11) is 0. The number of hydrazone groups is 1. The molecule has 0 saturated carbocycles. The van der Waals surface area contributed by atoms with Crippen LogP contribution in [0.3, 0.4) is 0 Å². The summed E-state index contributed by atoms with van der Waals surface area (Å²) >= 11 is 5.81. The largest absolute Gasteiger partial charge is 0.329 e. The molecule has 2 amide bonds. The number of amides is 2. The molecule has 0 radical (unpaired) electrons. The van der Waals surface area contributed by atoms with E-state index in [2.05, 4.69) is 21.9 Å². The van der Waals surface area contributed by atoms with E-state index in [1.165, 1.54) is 0 Å². The monoisotopic (exact) mass is 401 g/mol. The zero-order chi connectivity index (χ0) is 20.2. The Hall–Kier alpha value is -3.70. The average molecular weight is 402 g/mol. The lowest BCUT2D eigenvalue weighted by molar-refractivity contribution is -0.136. The van der Waals surface area contributed by atoms with Crippen LogP contribution in [0.15, 0.2) is 84.0 Å². The molecule has 0 fully saturated rings. The van der Waals surface area contributed by atoms with E-state index in [1.54, 1.807) is 30.5 Å². The summed E-state index contributed by atoms with van der Waals surface area (Å²) in [6.45, 7) is 0. The number of halogens is 1. The number of carbonyl (C=O) groups excluding carboxylic acids is 2. The van der Waals surface area contributed by atoms with Crippen LogP contribution in [-0.4, -0.2) is 18.0 Å². The van der Waals surface area contributed by atoms with Crippen molar-refractivity contribution in [3.05, 3.63) is 89.4 Å². The lowest BCUT2D eigenvalue weighted by atomic mass is 9.97. The van der Waals surface area contributed by atoms with Crippen molar-refractivity contribution < 1.29 is 9.59 Å². The molecule has 0 bridgehead atoms. The average Bonchev–Trinajstić information content (AvgIpc) is 2.74. The van der Waals surface area contributed by atoms with Crippen molar-refractivity contribution in [3.8, 4) is 0 Å². The van der Waals surface area contributed by atoms with Gasteiger partial charge in [-0.25, -0.2) is 5.43 Å². The first-order valence-electron chi connectivity index (χ1n) is 8.92. The van der Waals surface area contributed by atoms with E-state index in [-0.39, 0.29) is 0 Å². The van der Waals surface area contributed by atoms with E-state index in [1.807, 2.05) is 48.5 Å². The molecule has 0 unspecified atom stereocenters. The molecule has 0 aliphatic heterocycles. The summed E-state index contributed by atoms with van der Waals surface area (Å²) in [5.41, 5.74) is 3.63. The summed E-state index contributed by atoms with van der Waals surface area (Å²) in [4.78, 5) is 24.1. The maximum absolute atomic E-state index is 12.1. The zero-order valence-electron chi connectivity index (χ0n) is 15.2. The van der Waals surface area contributed by atoms with Crippen molar-refractivity contribution >= 4 is 56.9 Å². The van der Waals surface area contributed by atoms with E-state index in [9.17, 15) is 9.59 Å². The lowest BCUT2D eigenvalue weighted by Crippen LogP contribution is -2.32. The number of nitrogens with one attached hydrogen (secondary N) is 2. The molecule has 142 valence electrons. The Labute approximate surface area is 172 Å². The quantitative estimate of drug-likeness (QED) is 0.225. The van der Waals surface area contributed by atoms with Gasteiger partial charge >= 0.3 is 11.8 Å². The normalized spacial score (nSPS) is 11.1. The predicted molar refractivity (Wildman–Crippen MR) is 117 cm³/mol. The third-order valence-corrected chi connectivity index (χ3v) is 4.73. The first-order valence-corrected chi connectivity index (χ1v) is 9.30. The van der Waals surface area contributed by atoms with Crippen molar-refractivity contribution in [2.45, 2.75) is 0 Å². The van der Waals surface area contributed by atoms with Gasteiger partial charge in [0, 0.05) is 16.3 Å². The van der Waals surface area contributed by atoms with Crippen LogP contribution < -0.4 is 10.7 Å². The van der Waals surface area contributed by atoms with Crippen LogP contribution in [0.1, 0.15) is 5.56 Å². The van der Waals surface area contributed by atoms with Crippen molar-refractivity contribution in [1.82, 2.24) is 5.43 Å². The van der Waals surface area contributed by atoms with E-state index < -0.39 is 11.8 Å².